The lowest BCUT2D eigenvalue weighted by Gasteiger charge is -2.18. The zero-order valence-electron chi connectivity index (χ0n) is 49.0. The number of hydrogen-bond acceptors (Lipinski definition) is 6. The van der Waals surface area contributed by atoms with E-state index in [9.17, 15) is 14.4 Å². The molecule has 428 valence electrons. The molecule has 0 saturated heterocycles. The molecule has 6 nitrogen and oxygen atoms in total. The Morgan fingerprint density at radius 2 is 0.520 bits per heavy atom. The first kappa shape index (κ1) is 71.1. The summed E-state index contributed by atoms with van der Waals surface area (Å²) in [6.07, 6.45) is 85.6. The quantitative estimate of drug-likeness (QED) is 0.0261. The van der Waals surface area contributed by atoms with Crippen LogP contribution in [0.5, 0.6) is 0 Å². The van der Waals surface area contributed by atoms with Crippen LogP contribution in [0.4, 0.5) is 0 Å². The van der Waals surface area contributed by atoms with Crippen molar-refractivity contribution in [1.82, 2.24) is 0 Å². The minimum atomic E-state index is -0.783. The largest absolute Gasteiger partial charge is 0.462 e. The van der Waals surface area contributed by atoms with E-state index in [1.807, 2.05) is 0 Å². The maximum Gasteiger partial charge on any atom is 0.306 e. The van der Waals surface area contributed by atoms with Gasteiger partial charge in [0.15, 0.2) is 6.10 Å². The van der Waals surface area contributed by atoms with Crippen LogP contribution in [0.15, 0.2) is 109 Å². The molecule has 0 aromatic rings. The van der Waals surface area contributed by atoms with E-state index in [2.05, 4.69) is 130 Å². The summed E-state index contributed by atoms with van der Waals surface area (Å²) in [6, 6.07) is 0. The molecule has 0 spiro atoms. The maximum absolute atomic E-state index is 12.8. The van der Waals surface area contributed by atoms with Gasteiger partial charge in [-0.2, -0.15) is 0 Å². The lowest BCUT2D eigenvalue weighted by Crippen LogP contribution is -2.30. The summed E-state index contributed by atoms with van der Waals surface area (Å²) in [5, 5.41) is 0. The molecule has 1 unspecified atom stereocenters. The minimum Gasteiger partial charge on any atom is -0.462 e. The van der Waals surface area contributed by atoms with Gasteiger partial charge in [-0.3, -0.25) is 14.4 Å². The number of ether oxygens (including phenoxy) is 3. The Morgan fingerprint density at radius 3 is 0.813 bits per heavy atom. The van der Waals surface area contributed by atoms with Crippen molar-refractivity contribution in [2.45, 2.75) is 297 Å². The summed E-state index contributed by atoms with van der Waals surface area (Å²) in [7, 11) is 0. The summed E-state index contributed by atoms with van der Waals surface area (Å²) in [6.45, 7) is 6.37. The highest BCUT2D eigenvalue weighted by Crippen LogP contribution is 2.16. The average molecular weight is 1040 g/mol. The SMILES string of the molecule is CC/C=C\C/C=C\C/C=C\C/C=C\C/C=C\C/C=C\CCCCCCCCCCCCCCCCCCC(=O)OCC(COC(=O)CCCCCCCCC)OC(=O)CCCCCCC/C=C\C/C=C\C/C=C\CC. The molecule has 0 rings (SSSR count). The summed E-state index contributed by atoms with van der Waals surface area (Å²) >= 11 is 0. The molecule has 0 saturated carbocycles. The van der Waals surface area contributed by atoms with Crippen molar-refractivity contribution in [3.8, 4) is 0 Å². The molecule has 0 aliphatic heterocycles. The predicted octanol–water partition coefficient (Wildman–Crippen LogP) is 21.4. The Morgan fingerprint density at radius 1 is 0.280 bits per heavy atom. The van der Waals surface area contributed by atoms with Gasteiger partial charge in [0.25, 0.3) is 0 Å². The van der Waals surface area contributed by atoms with E-state index in [0.29, 0.717) is 19.3 Å². The van der Waals surface area contributed by atoms with Gasteiger partial charge < -0.3 is 14.2 Å². The summed E-state index contributed by atoms with van der Waals surface area (Å²) in [5.41, 5.74) is 0. The molecular weight excluding hydrogens is 925 g/mol. The van der Waals surface area contributed by atoms with Gasteiger partial charge in [0, 0.05) is 19.3 Å². The smallest absolute Gasteiger partial charge is 0.306 e. The van der Waals surface area contributed by atoms with Crippen LogP contribution in [0.25, 0.3) is 0 Å². The second-order valence-corrected chi connectivity index (χ2v) is 20.6. The highest BCUT2D eigenvalue weighted by atomic mass is 16.6. The number of allylic oxidation sites excluding steroid dienone is 18. The molecule has 0 amide bonds. The zero-order valence-corrected chi connectivity index (χ0v) is 49.0. The first-order chi connectivity index (χ1) is 37.0. The van der Waals surface area contributed by atoms with E-state index >= 15 is 0 Å². The van der Waals surface area contributed by atoms with E-state index in [-0.39, 0.29) is 31.1 Å². The van der Waals surface area contributed by atoms with Crippen molar-refractivity contribution >= 4 is 17.9 Å². The Hall–Kier alpha value is -3.93. The normalized spacial score (nSPS) is 12.8. The van der Waals surface area contributed by atoms with Crippen LogP contribution in [-0.4, -0.2) is 37.2 Å². The molecule has 0 bridgehead atoms. The van der Waals surface area contributed by atoms with Crippen molar-refractivity contribution < 1.29 is 28.6 Å². The van der Waals surface area contributed by atoms with Crippen LogP contribution in [0.2, 0.25) is 0 Å². The van der Waals surface area contributed by atoms with Crippen molar-refractivity contribution in [3.05, 3.63) is 109 Å². The number of carbonyl (C=O) groups is 3. The predicted molar refractivity (Wildman–Crippen MR) is 325 cm³/mol. The number of carbonyl (C=O) groups excluding carboxylic acids is 3. The van der Waals surface area contributed by atoms with E-state index in [4.69, 9.17) is 14.2 Å². The fourth-order valence-electron chi connectivity index (χ4n) is 8.64. The van der Waals surface area contributed by atoms with Crippen LogP contribution in [0.1, 0.15) is 290 Å². The monoisotopic (exact) mass is 1040 g/mol. The van der Waals surface area contributed by atoms with Gasteiger partial charge in [-0.15, -0.1) is 0 Å². The molecule has 0 aromatic carbocycles. The zero-order chi connectivity index (χ0) is 54.3. The summed E-state index contributed by atoms with van der Waals surface area (Å²) in [5.74, 6) is -0.901. The fraction of sp³-hybridized carbons (Fsp3) is 0.696. The Bertz CT molecular complexity index is 1520. The molecule has 1 atom stereocenters. The maximum atomic E-state index is 12.8. The van der Waals surface area contributed by atoms with Crippen molar-refractivity contribution in [2.24, 2.45) is 0 Å². The van der Waals surface area contributed by atoms with E-state index in [1.54, 1.807) is 0 Å². The lowest BCUT2D eigenvalue weighted by atomic mass is 10.0. The highest BCUT2D eigenvalue weighted by Gasteiger charge is 2.19. The minimum absolute atomic E-state index is 0.0825. The molecule has 0 N–H and O–H groups in total. The third-order valence-corrected chi connectivity index (χ3v) is 13.3. The Balaban J connectivity index is 4.02. The van der Waals surface area contributed by atoms with E-state index in [0.717, 1.165) is 135 Å². The molecule has 0 fully saturated rings. The van der Waals surface area contributed by atoms with Crippen LogP contribution in [0.3, 0.4) is 0 Å². The first-order valence-electron chi connectivity index (χ1n) is 31.4. The summed E-state index contributed by atoms with van der Waals surface area (Å²) < 4.78 is 16.8. The van der Waals surface area contributed by atoms with Crippen LogP contribution >= 0.6 is 0 Å². The Labute approximate surface area is 463 Å². The number of rotatable bonds is 56. The van der Waals surface area contributed by atoms with Crippen molar-refractivity contribution in [1.29, 1.82) is 0 Å². The molecular formula is C69H116O6. The third-order valence-electron chi connectivity index (χ3n) is 13.3. The molecule has 0 aliphatic rings. The van der Waals surface area contributed by atoms with Gasteiger partial charge in [0.05, 0.1) is 0 Å². The van der Waals surface area contributed by atoms with Gasteiger partial charge in [-0.05, 0) is 103 Å². The van der Waals surface area contributed by atoms with Crippen molar-refractivity contribution in [3.63, 3.8) is 0 Å². The van der Waals surface area contributed by atoms with Crippen LogP contribution < -0.4 is 0 Å². The van der Waals surface area contributed by atoms with E-state index < -0.39 is 6.10 Å². The number of esters is 3. The second-order valence-electron chi connectivity index (χ2n) is 20.6. The molecule has 0 aliphatic carbocycles. The third kappa shape index (κ3) is 60.8. The standard InChI is InChI=1S/C69H116O6/c1-4-7-10-13-16-18-20-22-24-25-26-27-28-29-30-31-32-33-34-35-36-37-38-39-40-41-42-43-45-46-48-50-53-56-59-62-68(71)74-65-66(64-73-67(70)61-58-55-52-15-12-9-6-3)75-69(72)63-60-57-54-51-49-47-44-23-21-19-17-14-11-8-5-2/h7-8,10-11,16-19,22-24,26-27,29-30,32-33,44,66H,4-6,9,12-15,20-21,25,28,31,34-43,45-65H2,1-3H3/b10-7-,11-8-,18-16-,19-17-,24-22-,27-26-,30-29-,33-32-,44-23-. The number of unbranched alkanes of at least 4 members (excludes halogenated alkanes) is 27. The molecule has 0 aromatic heterocycles. The lowest BCUT2D eigenvalue weighted by molar-refractivity contribution is -0.167. The molecule has 0 radical (unpaired) electrons. The second kappa shape index (κ2) is 62.6. The Kier molecular flexibility index (Phi) is 59.3. The van der Waals surface area contributed by atoms with Crippen LogP contribution in [-0.2, 0) is 28.6 Å². The van der Waals surface area contributed by atoms with Gasteiger partial charge in [-0.25, -0.2) is 0 Å². The van der Waals surface area contributed by atoms with Gasteiger partial charge >= 0.3 is 17.9 Å². The fourth-order valence-corrected chi connectivity index (χ4v) is 8.64. The number of hydrogen-bond donors (Lipinski definition) is 0. The van der Waals surface area contributed by atoms with Crippen molar-refractivity contribution in [2.75, 3.05) is 13.2 Å². The summed E-state index contributed by atoms with van der Waals surface area (Å²) in [4.78, 5) is 38.0. The van der Waals surface area contributed by atoms with Gasteiger partial charge in [-0.1, -0.05) is 278 Å². The molecule has 0 heterocycles. The average Bonchev–Trinajstić information content (AvgIpc) is 3.41. The first-order valence-corrected chi connectivity index (χ1v) is 31.4. The molecule has 6 heteroatoms. The molecule has 75 heavy (non-hydrogen) atoms. The van der Waals surface area contributed by atoms with Gasteiger partial charge in [0.1, 0.15) is 13.2 Å². The van der Waals surface area contributed by atoms with Gasteiger partial charge in [0.2, 0.25) is 0 Å². The van der Waals surface area contributed by atoms with E-state index in [1.165, 1.54) is 116 Å². The topological polar surface area (TPSA) is 78.9 Å². The van der Waals surface area contributed by atoms with Crippen LogP contribution in [0, 0.1) is 0 Å². The highest BCUT2D eigenvalue weighted by molar-refractivity contribution is 5.71.